The molecule has 0 saturated carbocycles. The molecule has 0 amide bonds. The van der Waals surface area contributed by atoms with Crippen molar-refractivity contribution in [3.63, 3.8) is 0 Å². The highest BCUT2D eigenvalue weighted by atomic mass is 14.3. The van der Waals surface area contributed by atoms with Crippen LogP contribution in [0.1, 0.15) is 31.4 Å². The van der Waals surface area contributed by atoms with E-state index in [2.05, 4.69) is 62.9 Å². The van der Waals surface area contributed by atoms with Crippen LogP contribution in [0.5, 0.6) is 0 Å². The first-order valence-corrected chi connectivity index (χ1v) is 6.38. The molecule has 0 nitrogen and oxygen atoms in total. The van der Waals surface area contributed by atoms with Gasteiger partial charge in [0.05, 0.1) is 0 Å². The Bertz CT molecular complexity index is 463. The largest absolute Gasteiger partial charge is 0.0991 e. The number of rotatable bonds is 3. The van der Waals surface area contributed by atoms with E-state index in [1.165, 1.54) is 23.1 Å². The van der Waals surface area contributed by atoms with Crippen LogP contribution in [0.15, 0.2) is 49.1 Å². The topological polar surface area (TPSA) is 0 Å². The van der Waals surface area contributed by atoms with Crippen molar-refractivity contribution >= 4 is 11.6 Å². The van der Waals surface area contributed by atoms with Crippen LogP contribution in [0.25, 0.3) is 11.6 Å². The van der Waals surface area contributed by atoms with E-state index in [9.17, 15) is 0 Å². The van der Waals surface area contributed by atoms with E-state index in [0.717, 1.165) is 0 Å². The Morgan fingerprint density at radius 3 is 2.82 bits per heavy atom. The molecule has 17 heavy (non-hydrogen) atoms. The minimum atomic E-state index is 0.521. The lowest BCUT2D eigenvalue weighted by molar-refractivity contribution is 0.493. The van der Waals surface area contributed by atoms with Crippen molar-refractivity contribution in [1.82, 2.24) is 0 Å². The van der Waals surface area contributed by atoms with Gasteiger partial charge >= 0.3 is 0 Å². The van der Waals surface area contributed by atoms with Gasteiger partial charge in [0.15, 0.2) is 0 Å². The average molecular weight is 224 g/mol. The molecule has 1 aromatic rings. The molecule has 88 valence electrons. The Hall–Kier alpha value is -1.56. The molecular formula is C17H20. The molecule has 1 aromatic carbocycles. The Morgan fingerprint density at radius 2 is 2.12 bits per heavy atom. The van der Waals surface area contributed by atoms with E-state index >= 15 is 0 Å². The van der Waals surface area contributed by atoms with Crippen LogP contribution < -0.4 is 0 Å². The first-order chi connectivity index (χ1) is 8.27. The third-order valence-corrected chi connectivity index (χ3v) is 3.67. The van der Waals surface area contributed by atoms with Crippen molar-refractivity contribution in [2.45, 2.75) is 20.3 Å². The molecule has 0 aromatic heterocycles. The highest BCUT2D eigenvalue weighted by molar-refractivity contribution is 5.81. The second kappa shape index (κ2) is 5.18. The van der Waals surface area contributed by atoms with Gasteiger partial charge in [-0.2, -0.15) is 0 Å². The second-order valence-corrected chi connectivity index (χ2v) is 4.72. The van der Waals surface area contributed by atoms with Gasteiger partial charge in [-0.3, -0.25) is 0 Å². The molecule has 0 spiro atoms. The minimum Gasteiger partial charge on any atom is -0.0991 e. The van der Waals surface area contributed by atoms with Gasteiger partial charge in [0.1, 0.15) is 0 Å². The normalized spacial score (nSPS) is 22.2. The lowest BCUT2D eigenvalue weighted by atomic mass is 9.77. The monoisotopic (exact) mass is 224 g/mol. The Balaban J connectivity index is 2.49. The van der Waals surface area contributed by atoms with Gasteiger partial charge < -0.3 is 0 Å². The number of benzene rings is 1. The maximum Gasteiger partial charge on any atom is 0.00530 e. The average Bonchev–Trinajstić information content (AvgIpc) is 2.38. The van der Waals surface area contributed by atoms with Gasteiger partial charge in [0.2, 0.25) is 0 Å². The maximum absolute atomic E-state index is 3.85. The highest BCUT2D eigenvalue weighted by Gasteiger charge is 2.22. The summed E-state index contributed by atoms with van der Waals surface area (Å²) < 4.78 is 0. The van der Waals surface area contributed by atoms with Crippen molar-refractivity contribution in [2.24, 2.45) is 11.8 Å². The van der Waals surface area contributed by atoms with Crippen molar-refractivity contribution in [3.8, 4) is 0 Å². The summed E-state index contributed by atoms with van der Waals surface area (Å²) in [6.45, 7) is 8.42. The fourth-order valence-electron chi connectivity index (χ4n) is 2.47. The Morgan fingerprint density at radius 1 is 1.35 bits per heavy atom. The lowest BCUT2D eigenvalue weighted by Crippen LogP contribution is -2.14. The number of allylic oxidation sites excluding steroid dienone is 4. The first kappa shape index (κ1) is 11.9. The molecule has 2 rings (SSSR count). The zero-order valence-electron chi connectivity index (χ0n) is 10.7. The summed E-state index contributed by atoms with van der Waals surface area (Å²) in [5.74, 6) is 1.19. The summed E-state index contributed by atoms with van der Waals surface area (Å²) in [5.41, 5.74) is 4.09. The maximum atomic E-state index is 3.85. The lowest BCUT2D eigenvalue weighted by Gasteiger charge is -2.27. The molecule has 2 atom stereocenters. The smallest absolute Gasteiger partial charge is 0.00530 e. The van der Waals surface area contributed by atoms with Crippen LogP contribution in [0.3, 0.4) is 0 Å². The molecule has 0 aliphatic heterocycles. The molecule has 0 heterocycles. The molecule has 0 heteroatoms. The molecule has 0 bridgehead atoms. The molecule has 1 aliphatic carbocycles. The van der Waals surface area contributed by atoms with Crippen molar-refractivity contribution < 1.29 is 0 Å². The minimum absolute atomic E-state index is 0.521. The predicted molar refractivity (Wildman–Crippen MR) is 76.6 cm³/mol. The first-order valence-electron chi connectivity index (χ1n) is 6.38. The SMILES string of the molecule is C=C/C=C1/c2ccccc2C=CC1C(C)CC. The zero-order valence-corrected chi connectivity index (χ0v) is 10.7. The summed E-state index contributed by atoms with van der Waals surface area (Å²) in [6, 6.07) is 8.60. The van der Waals surface area contributed by atoms with E-state index in [1.807, 2.05) is 6.08 Å². The Kier molecular flexibility index (Phi) is 3.63. The van der Waals surface area contributed by atoms with E-state index in [1.54, 1.807) is 0 Å². The van der Waals surface area contributed by atoms with Crippen molar-refractivity contribution in [1.29, 1.82) is 0 Å². The zero-order chi connectivity index (χ0) is 12.3. The molecule has 2 unspecified atom stereocenters. The van der Waals surface area contributed by atoms with Gasteiger partial charge in [0, 0.05) is 5.92 Å². The molecule has 0 radical (unpaired) electrons. The standard InChI is InChI=1S/C17H20/c1-4-8-17-15(13(3)5-2)12-11-14-9-6-7-10-16(14)17/h4,6-13,15H,1,5H2,2-3H3/b17-8+. The second-order valence-electron chi connectivity index (χ2n) is 4.72. The van der Waals surface area contributed by atoms with Gasteiger partial charge in [-0.1, -0.05) is 75.4 Å². The van der Waals surface area contributed by atoms with E-state index < -0.39 is 0 Å². The van der Waals surface area contributed by atoms with Crippen molar-refractivity contribution in [3.05, 3.63) is 60.2 Å². The third-order valence-electron chi connectivity index (χ3n) is 3.67. The summed E-state index contributed by atoms with van der Waals surface area (Å²) >= 11 is 0. The summed E-state index contributed by atoms with van der Waals surface area (Å²) in [4.78, 5) is 0. The van der Waals surface area contributed by atoms with E-state index in [0.29, 0.717) is 11.8 Å². The van der Waals surface area contributed by atoms with E-state index in [-0.39, 0.29) is 0 Å². The van der Waals surface area contributed by atoms with E-state index in [4.69, 9.17) is 0 Å². The number of hydrogen-bond acceptors (Lipinski definition) is 0. The number of fused-ring (bicyclic) bond motifs is 1. The Labute approximate surface area is 104 Å². The third kappa shape index (κ3) is 2.26. The van der Waals surface area contributed by atoms with Gasteiger partial charge in [-0.25, -0.2) is 0 Å². The fourth-order valence-corrected chi connectivity index (χ4v) is 2.47. The molecule has 0 fully saturated rings. The van der Waals surface area contributed by atoms with Crippen LogP contribution in [-0.2, 0) is 0 Å². The van der Waals surface area contributed by atoms with Crippen LogP contribution in [0.4, 0.5) is 0 Å². The summed E-state index contributed by atoms with van der Waals surface area (Å²) in [5, 5.41) is 0. The van der Waals surface area contributed by atoms with Gasteiger partial charge in [-0.15, -0.1) is 0 Å². The molecule has 1 aliphatic rings. The summed E-state index contributed by atoms with van der Waals surface area (Å²) in [6.07, 6.45) is 9.86. The van der Waals surface area contributed by atoms with Crippen molar-refractivity contribution in [2.75, 3.05) is 0 Å². The van der Waals surface area contributed by atoms with Gasteiger partial charge in [0.25, 0.3) is 0 Å². The highest BCUT2D eigenvalue weighted by Crippen LogP contribution is 2.38. The fraction of sp³-hybridized carbons (Fsp3) is 0.294. The summed E-state index contributed by atoms with van der Waals surface area (Å²) in [7, 11) is 0. The van der Waals surface area contributed by atoms with Crippen LogP contribution >= 0.6 is 0 Å². The number of hydrogen-bond donors (Lipinski definition) is 0. The van der Waals surface area contributed by atoms with Crippen LogP contribution in [0, 0.1) is 11.8 Å². The molecule has 0 saturated heterocycles. The van der Waals surface area contributed by atoms with Crippen LogP contribution in [0.2, 0.25) is 0 Å². The van der Waals surface area contributed by atoms with Gasteiger partial charge in [-0.05, 0) is 22.6 Å². The molecular weight excluding hydrogens is 204 g/mol. The van der Waals surface area contributed by atoms with Crippen LogP contribution in [-0.4, -0.2) is 0 Å². The molecule has 0 N–H and O–H groups in total. The quantitative estimate of drug-likeness (QED) is 0.681. The predicted octanol–water partition coefficient (Wildman–Crippen LogP) is 4.95.